The maximum absolute atomic E-state index is 13.7. The van der Waals surface area contributed by atoms with Crippen molar-refractivity contribution in [1.29, 1.82) is 0 Å². The predicted octanol–water partition coefficient (Wildman–Crippen LogP) is 4.61. The highest BCUT2D eigenvalue weighted by molar-refractivity contribution is 5.80. The third-order valence-electron chi connectivity index (χ3n) is 4.19. The van der Waals surface area contributed by atoms with Gasteiger partial charge >= 0.3 is 0 Å². The molecule has 0 amide bonds. The normalized spacial score (nSPS) is 11.3. The molecule has 0 aliphatic heterocycles. The fraction of sp³-hybridized carbons (Fsp3) is 0.211. The molecule has 4 rings (SSSR count). The van der Waals surface area contributed by atoms with E-state index in [1.165, 1.54) is 6.07 Å². The maximum Gasteiger partial charge on any atom is 0.258 e. The Morgan fingerprint density at radius 3 is 2.76 bits per heavy atom. The van der Waals surface area contributed by atoms with Gasteiger partial charge in [-0.15, -0.1) is 0 Å². The Kier molecular flexibility index (Phi) is 3.80. The van der Waals surface area contributed by atoms with Gasteiger partial charge in [-0.2, -0.15) is 4.98 Å². The first-order chi connectivity index (χ1) is 12.2. The molecule has 0 spiro atoms. The van der Waals surface area contributed by atoms with Gasteiger partial charge in [-0.3, -0.25) is 0 Å². The van der Waals surface area contributed by atoms with Gasteiger partial charge in [-0.05, 0) is 49.2 Å². The van der Waals surface area contributed by atoms with Gasteiger partial charge in [0.1, 0.15) is 5.82 Å². The minimum atomic E-state index is -0.292. The Hall–Kier alpha value is -3.02. The molecule has 0 atom stereocenters. The van der Waals surface area contributed by atoms with Crippen molar-refractivity contribution in [3.05, 3.63) is 54.1 Å². The quantitative estimate of drug-likeness (QED) is 0.546. The number of fused-ring (bicyclic) bond motifs is 1. The Balaban J connectivity index is 1.69. The molecule has 0 aliphatic carbocycles. The van der Waals surface area contributed by atoms with Crippen LogP contribution in [0.4, 0.5) is 4.39 Å². The number of aromatic nitrogens is 4. The lowest BCUT2D eigenvalue weighted by atomic mass is 10.1. The van der Waals surface area contributed by atoms with Crippen molar-refractivity contribution < 1.29 is 8.91 Å². The summed E-state index contributed by atoms with van der Waals surface area (Å²) in [7, 11) is 0. The molecular weight excluding hydrogens is 319 g/mol. The Morgan fingerprint density at radius 1 is 1.12 bits per heavy atom. The summed E-state index contributed by atoms with van der Waals surface area (Å²) >= 11 is 0. The monoisotopic (exact) mass is 336 g/mol. The fourth-order valence-corrected chi connectivity index (χ4v) is 2.81. The second-order valence-corrected chi connectivity index (χ2v) is 6.03. The summed E-state index contributed by atoms with van der Waals surface area (Å²) in [5.41, 5.74) is 3.93. The van der Waals surface area contributed by atoms with Gasteiger partial charge in [0, 0.05) is 17.7 Å². The number of halogens is 1. The zero-order valence-corrected chi connectivity index (χ0v) is 14.0. The summed E-state index contributed by atoms with van der Waals surface area (Å²) < 4.78 is 21.2. The predicted molar refractivity (Wildman–Crippen MR) is 93.4 cm³/mol. The summed E-state index contributed by atoms with van der Waals surface area (Å²) in [5, 5.41) is 4.02. The van der Waals surface area contributed by atoms with E-state index in [-0.39, 0.29) is 5.82 Å². The molecule has 25 heavy (non-hydrogen) atoms. The molecule has 4 aromatic rings. The van der Waals surface area contributed by atoms with Crippen LogP contribution in [0.5, 0.6) is 0 Å². The molecule has 0 radical (unpaired) electrons. The molecule has 0 bridgehead atoms. The zero-order valence-electron chi connectivity index (χ0n) is 14.0. The van der Waals surface area contributed by atoms with E-state index in [0.717, 1.165) is 29.6 Å². The van der Waals surface area contributed by atoms with Crippen molar-refractivity contribution in [2.24, 2.45) is 0 Å². The average molecular weight is 336 g/mol. The number of aryl methyl sites for hydroxylation is 2. The highest BCUT2D eigenvalue weighted by Gasteiger charge is 2.13. The minimum Gasteiger partial charge on any atom is -0.334 e. The molecule has 0 unspecified atom stereocenters. The highest BCUT2D eigenvalue weighted by atomic mass is 19.1. The number of imidazole rings is 1. The lowest BCUT2D eigenvalue weighted by Gasteiger charge is -2.01. The molecule has 2 aromatic carbocycles. The Bertz CT molecular complexity index is 1050. The first-order valence-corrected chi connectivity index (χ1v) is 8.21. The average Bonchev–Trinajstić information content (AvgIpc) is 3.25. The van der Waals surface area contributed by atoms with E-state index in [9.17, 15) is 4.39 Å². The second kappa shape index (κ2) is 6.12. The van der Waals surface area contributed by atoms with Crippen LogP contribution in [0.2, 0.25) is 0 Å². The van der Waals surface area contributed by atoms with Crippen molar-refractivity contribution in [3.8, 4) is 22.8 Å². The number of nitrogens with zero attached hydrogens (tertiary/aromatic N) is 4. The van der Waals surface area contributed by atoms with Crippen LogP contribution in [0.15, 0.2) is 47.2 Å². The van der Waals surface area contributed by atoms with Crippen LogP contribution in [-0.4, -0.2) is 19.7 Å². The molecular formula is C19H17FN4O. The van der Waals surface area contributed by atoms with Crippen molar-refractivity contribution >= 4 is 11.0 Å². The molecule has 5 nitrogen and oxygen atoms in total. The highest BCUT2D eigenvalue weighted by Crippen LogP contribution is 2.26. The van der Waals surface area contributed by atoms with E-state index in [2.05, 4.69) is 26.6 Å². The van der Waals surface area contributed by atoms with Crippen LogP contribution < -0.4 is 0 Å². The molecule has 2 aromatic heterocycles. The molecule has 0 fully saturated rings. The SMILES string of the molecule is CCCn1cnc2cc(-c3noc(-c4ccc(C)c(F)c4)n3)ccc21. The Labute approximate surface area is 144 Å². The smallest absolute Gasteiger partial charge is 0.258 e. The summed E-state index contributed by atoms with van der Waals surface area (Å²) in [4.78, 5) is 8.83. The van der Waals surface area contributed by atoms with Gasteiger partial charge in [0.15, 0.2) is 0 Å². The molecule has 0 N–H and O–H groups in total. The van der Waals surface area contributed by atoms with E-state index < -0.39 is 0 Å². The molecule has 0 saturated heterocycles. The summed E-state index contributed by atoms with van der Waals surface area (Å²) in [5.74, 6) is 0.466. The van der Waals surface area contributed by atoms with Gasteiger partial charge in [-0.1, -0.05) is 18.1 Å². The summed E-state index contributed by atoms with van der Waals surface area (Å²) in [6, 6.07) is 10.8. The van der Waals surface area contributed by atoms with Crippen LogP contribution in [0.25, 0.3) is 33.9 Å². The van der Waals surface area contributed by atoms with Crippen LogP contribution in [-0.2, 0) is 6.54 Å². The number of hydrogen-bond acceptors (Lipinski definition) is 4. The molecule has 2 heterocycles. The van der Waals surface area contributed by atoms with E-state index in [0.29, 0.717) is 22.8 Å². The molecule has 0 aliphatic rings. The van der Waals surface area contributed by atoms with Crippen molar-refractivity contribution in [2.45, 2.75) is 26.8 Å². The van der Waals surface area contributed by atoms with E-state index >= 15 is 0 Å². The van der Waals surface area contributed by atoms with Gasteiger partial charge in [-0.25, -0.2) is 9.37 Å². The van der Waals surface area contributed by atoms with E-state index in [4.69, 9.17) is 4.52 Å². The van der Waals surface area contributed by atoms with Crippen LogP contribution in [0, 0.1) is 12.7 Å². The fourth-order valence-electron chi connectivity index (χ4n) is 2.81. The van der Waals surface area contributed by atoms with E-state index in [1.54, 1.807) is 19.1 Å². The van der Waals surface area contributed by atoms with Crippen molar-refractivity contribution in [1.82, 2.24) is 19.7 Å². The van der Waals surface area contributed by atoms with Gasteiger partial charge in [0.05, 0.1) is 17.4 Å². The third kappa shape index (κ3) is 2.80. The van der Waals surface area contributed by atoms with Crippen LogP contribution >= 0.6 is 0 Å². The Morgan fingerprint density at radius 2 is 1.96 bits per heavy atom. The van der Waals surface area contributed by atoms with Crippen molar-refractivity contribution in [2.75, 3.05) is 0 Å². The molecule has 126 valence electrons. The summed E-state index contributed by atoms with van der Waals surface area (Å²) in [6.07, 6.45) is 2.89. The van der Waals surface area contributed by atoms with Gasteiger partial charge in [0.25, 0.3) is 5.89 Å². The number of benzene rings is 2. The molecule has 6 heteroatoms. The van der Waals surface area contributed by atoms with E-state index in [1.807, 2.05) is 24.5 Å². The second-order valence-electron chi connectivity index (χ2n) is 6.03. The first-order valence-electron chi connectivity index (χ1n) is 8.21. The first kappa shape index (κ1) is 15.5. The lowest BCUT2D eigenvalue weighted by molar-refractivity contribution is 0.432. The maximum atomic E-state index is 13.7. The number of rotatable bonds is 4. The molecule has 0 saturated carbocycles. The topological polar surface area (TPSA) is 56.7 Å². The standard InChI is InChI=1S/C19H17FN4O/c1-3-8-24-11-21-16-10-13(6-7-17(16)24)18-22-19(25-23-18)14-5-4-12(2)15(20)9-14/h4-7,9-11H,3,8H2,1-2H3. The largest absolute Gasteiger partial charge is 0.334 e. The zero-order chi connectivity index (χ0) is 17.4. The van der Waals surface area contributed by atoms with Crippen LogP contribution in [0.1, 0.15) is 18.9 Å². The lowest BCUT2D eigenvalue weighted by Crippen LogP contribution is -1.93. The van der Waals surface area contributed by atoms with Gasteiger partial charge < -0.3 is 9.09 Å². The van der Waals surface area contributed by atoms with Crippen molar-refractivity contribution in [3.63, 3.8) is 0 Å². The third-order valence-corrected chi connectivity index (χ3v) is 4.19. The number of hydrogen-bond donors (Lipinski definition) is 0. The summed E-state index contributed by atoms with van der Waals surface area (Å²) in [6.45, 7) is 4.78. The minimum absolute atomic E-state index is 0.292. The van der Waals surface area contributed by atoms with Crippen LogP contribution in [0.3, 0.4) is 0 Å². The van der Waals surface area contributed by atoms with Gasteiger partial charge in [0.2, 0.25) is 5.82 Å².